The largest absolute Gasteiger partial charge is 0.466 e. The van der Waals surface area contributed by atoms with Crippen LogP contribution in [0, 0.1) is 0 Å². The number of hydrogen-bond acceptors (Lipinski definition) is 5. The fraction of sp³-hybridized carbons (Fsp3) is 0.429. The molecule has 0 aliphatic heterocycles. The quantitative estimate of drug-likeness (QED) is 0.786. The number of rotatable bonds is 6. The van der Waals surface area contributed by atoms with Crippen LogP contribution in [0.5, 0.6) is 0 Å². The van der Waals surface area contributed by atoms with Crippen LogP contribution in [0.4, 0.5) is 0 Å². The van der Waals surface area contributed by atoms with Gasteiger partial charge >= 0.3 is 11.9 Å². The molecule has 19 heavy (non-hydrogen) atoms. The lowest BCUT2D eigenvalue weighted by Gasteiger charge is -2.21. The van der Waals surface area contributed by atoms with E-state index in [0.29, 0.717) is 0 Å². The lowest BCUT2D eigenvalue weighted by Crippen LogP contribution is -2.48. The first-order chi connectivity index (χ1) is 8.95. The molecular formula is C14H19NO4. The first-order valence-corrected chi connectivity index (χ1v) is 6.11. The van der Waals surface area contributed by atoms with Gasteiger partial charge in [0, 0.05) is 0 Å². The second kappa shape index (κ2) is 6.89. The van der Waals surface area contributed by atoms with Crippen LogP contribution in [0.3, 0.4) is 0 Å². The average Bonchev–Trinajstić information content (AvgIpc) is 2.36. The summed E-state index contributed by atoms with van der Waals surface area (Å²) in [6.07, 6.45) is -0.200. The first kappa shape index (κ1) is 15.2. The van der Waals surface area contributed by atoms with E-state index in [1.165, 1.54) is 6.92 Å². The van der Waals surface area contributed by atoms with Gasteiger partial charge in [0.25, 0.3) is 0 Å². The standard InChI is InChI=1S/C14H19NO4/c1-3-18-12(16)9-14(2,15)13(17)19-10-11-7-5-4-6-8-11/h4-8H,3,9-10,15H2,1-2H3. The van der Waals surface area contributed by atoms with Crippen molar-refractivity contribution in [1.82, 2.24) is 0 Å². The normalized spacial score (nSPS) is 13.4. The van der Waals surface area contributed by atoms with Crippen molar-refractivity contribution in [3.63, 3.8) is 0 Å². The van der Waals surface area contributed by atoms with Crippen LogP contribution in [-0.2, 0) is 25.7 Å². The van der Waals surface area contributed by atoms with Gasteiger partial charge < -0.3 is 15.2 Å². The summed E-state index contributed by atoms with van der Waals surface area (Å²) in [5.74, 6) is -1.13. The zero-order valence-corrected chi connectivity index (χ0v) is 11.2. The smallest absolute Gasteiger partial charge is 0.326 e. The van der Waals surface area contributed by atoms with Gasteiger partial charge in [-0.05, 0) is 19.4 Å². The average molecular weight is 265 g/mol. The molecule has 2 N–H and O–H groups in total. The Balaban J connectivity index is 2.49. The molecule has 0 heterocycles. The van der Waals surface area contributed by atoms with Gasteiger partial charge in [-0.15, -0.1) is 0 Å². The zero-order chi connectivity index (χ0) is 14.3. The molecule has 0 spiro atoms. The van der Waals surface area contributed by atoms with Crippen molar-refractivity contribution < 1.29 is 19.1 Å². The van der Waals surface area contributed by atoms with E-state index in [0.717, 1.165) is 5.56 Å². The van der Waals surface area contributed by atoms with Gasteiger partial charge in [0.15, 0.2) is 0 Å². The van der Waals surface area contributed by atoms with Crippen LogP contribution in [0.2, 0.25) is 0 Å². The molecule has 0 saturated carbocycles. The number of carbonyl (C=O) groups excluding carboxylic acids is 2. The minimum absolute atomic E-state index is 0.134. The summed E-state index contributed by atoms with van der Waals surface area (Å²) < 4.78 is 9.86. The van der Waals surface area contributed by atoms with Crippen molar-refractivity contribution in [1.29, 1.82) is 0 Å². The van der Waals surface area contributed by atoms with Crippen molar-refractivity contribution in [2.24, 2.45) is 5.73 Å². The lowest BCUT2D eigenvalue weighted by molar-refractivity contribution is -0.156. The maximum absolute atomic E-state index is 11.8. The highest BCUT2D eigenvalue weighted by molar-refractivity contribution is 5.86. The molecule has 0 aliphatic rings. The monoisotopic (exact) mass is 265 g/mol. The zero-order valence-electron chi connectivity index (χ0n) is 11.2. The Morgan fingerprint density at radius 1 is 1.21 bits per heavy atom. The first-order valence-electron chi connectivity index (χ1n) is 6.11. The number of hydrogen-bond donors (Lipinski definition) is 1. The van der Waals surface area contributed by atoms with Crippen molar-refractivity contribution in [2.45, 2.75) is 32.4 Å². The maximum atomic E-state index is 11.8. The van der Waals surface area contributed by atoms with Crippen LogP contribution in [0.1, 0.15) is 25.8 Å². The Bertz CT molecular complexity index is 428. The van der Waals surface area contributed by atoms with Gasteiger partial charge in [0.1, 0.15) is 12.1 Å². The van der Waals surface area contributed by atoms with Crippen molar-refractivity contribution in [2.75, 3.05) is 6.61 Å². The third-order valence-corrected chi connectivity index (χ3v) is 2.50. The van der Waals surface area contributed by atoms with E-state index in [4.69, 9.17) is 15.2 Å². The Hall–Kier alpha value is -1.88. The van der Waals surface area contributed by atoms with Gasteiger partial charge in [-0.3, -0.25) is 9.59 Å². The van der Waals surface area contributed by atoms with Crippen LogP contribution in [-0.4, -0.2) is 24.1 Å². The van der Waals surface area contributed by atoms with E-state index in [1.807, 2.05) is 30.3 Å². The summed E-state index contributed by atoms with van der Waals surface area (Å²) in [6.45, 7) is 3.54. The third kappa shape index (κ3) is 5.09. The molecule has 0 bridgehead atoms. The summed E-state index contributed by atoms with van der Waals surface area (Å²) in [4.78, 5) is 23.2. The van der Waals surface area contributed by atoms with Crippen LogP contribution in [0.25, 0.3) is 0 Å². The van der Waals surface area contributed by atoms with Crippen LogP contribution >= 0.6 is 0 Å². The van der Waals surface area contributed by atoms with Gasteiger partial charge in [0.2, 0.25) is 0 Å². The molecule has 1 unspecified atom stereocenters. The van der Waals surface area contributed by atoms with Gasteiger partial charge in [-0.25, -0.2) is 0 Å². The molecule has 0 saturated heterocycles. The topological polar surface area (TPSA) is 78.6 Å². The molecular weight excluding hydrogens is 246 g/mol. The van der Waals surface area contributed by atoms with Crippen LogP contribution < -0.4 is 5.73 Å². The predicted octanol–water partition coefficient (Wildman–Crippen LogP) is 1.40. The molecule has 0 radical (unpaired) electrons. The Kier molecular flexibility index (Phi) is 5.51. The minimum atomic E-state index is -1.37. The molecule has 1 rings (SSSR count). The number of benzene rings is 1. The van der Waals surface area contributed by atoms with Crippen molar-refractivity contribution >= 4 is 11.9 Å². The van der Waals surface area contributed by atoms with Gasteiger partial charge in [-0.1, -0.05) is 30.3 Å². The molecule has 1 atom stereocenters. The highest BCUT2D eigenvalue weighted by Crippen LogP contribution is 2.11. The van der Waals surface area contributed by atoms with E-state index in [9.17, 15) is 9.59 Å². The molecule has 0 amide bonds. The minimum Gasteiger partial charge on any atom is -0.466 e. The lowest BCUT2D eigenvalue weighted by atomic mass is 10.00. The predicted molar refractivity (Wildman–Crippen MR) is 70.1 cm³/mol. The fourth-order valence-corrected chi connectivity index (χ4v) is 1.47. The maximum Gasteiger partial charge on any atom is 0.326 e. The molecule has 0 aliphatic carbocycles. The third-order valence-electron chi connectivity index (χ3n) is 2.50. The second-order valence-electron chi connectivity index (χ2n) is 4.46. The van der Waals surface area contributed by atoms with Crippen molar-refractivity contribution in [3.8, 4) is 0 Å². The second-order valence-corrected chi connectivity index (χ2v) is 4.46. The molecule has 104 valence electrons. The highest BCUT2D eigenvalue weighted by atomic mass is 16.5. The SMILES string of the molecule is CCOC(=O)CC(C)(N)C(=O)OCc1ccccc1. The van der Waals surface area contributed by atoms with Gasteiger partial charge in [-0.2, -0.15) is 0 Å². The summed E-state index contributed by atoms with van der Waals surface area (Å²) in [7, 11) is 0. The van der Waals surface area contributed by atoms with E-state index in [-0.39, 0.29) is 19.6 Å². The fourth-order valence-electron chi connectivity index (χ4n) is 1.47. The van der Waals surface area contributed by atoms with E-state index < -0.39 is 17.5 Å². The van der Waals surface area contributed by atoms with E-state index in [1.54, 1.807) is 6.92 Å². The summed E-state index contributed by atoms with van der Waals surface area (Å²) >= 11 is 0. The number of esters is 2. The number of ether oxygens (including phenoxy) is 2. The molecule has 1 aromatic carbocycles. The Morgan fingerprint density at radius 3 is 2.42 bits per heavy atom. The molecule has 5 heteroatoms. The number of carbonyl (C=O) groups is 2. The van der Waals surface area contributed by atoms with Crippen LogP contribution in [0.15, 0.2) is 30.3 Å². The molecule has 1 aromatic rings. The highest BCUT2D eigenvalue weighted by Gasteiger charge is 2.33. The Labute approximate surface area is 112 Å². The number of nitrogens with two attached hydrogens (primary N) is 1. The van der Waals surface area contributed by atoms with Crippen molar-refractivity contribution in [3.05, 3.63) is 35.9 Å². The molecule has 0 fully saturated rings. The Morgan fingerprint density at radius 2 is 1.84 bits per heavy atom. The van der Waals surface area contributed by atoms with Gasteiger partial charge in [0.05, 0.1) is 13.0 Å². The summed E-state index contributed by atoms with van der Waals surface area (Å²) in [5, 5.41) is 0. The summed E-state index contributed by atoms with van der Waals surface area (Å²) in [5.41, 5.74) is 5.27. The van der Waals surface area contributed by atoms with E-state index >= 15 is 0 Å². The summed E-state index contributed by atoms with van der Waals surface area (Å²) in [6, 6.07) is 9.25. The molecule has 5 nitrogen and oxygen atoms in total. The molecule has 0 aromatic heterocycles. The van der Waals surface area contributed by atoms with E-state index in [2.05, 4.69) is 0 Å².